The summed E-state index contributed by atoms with van der Waals surface area (Å²) in [6, 6.07) is 7.35. The Morgan fingerprint density at radius 2 is 1.96 bits per heavy atom. The average Bonchev–Trinajstić information content (AvgIpc) is 3.45. The Labute approximate surface area is 152 Å². The van der Waals surface area contributed by atoms with Crippen molar-refractivity contribution in [2.24, 2.45) is 5.92 Å². The predicted octanol–water partition coefficient (Wildman–Crippen LogP) is 1.38. The number of hydrogen-bond acceptors (Lipinski definition) is 5. The largest absolute Gasteiger partial charge is 0.454 e. The monoisotopic (exact) mass is 357 g/mol. The molecule has 1 fully saturated rings. The van der Waals surface area contributed by atoms with E-state index in [-0.39, 0.29) is 18.4 Å². The van der Waals surface area contributed by atoms with Crippen LogP contribution in [0.1, 0.15) is 41.3 Å². The molecule has 2 rings (SSSR count). The molecule has 2 N–H and O–H groups in total. The smallest absolute Gasteiger partial charge is 0.325 e. The van der Waals surface area contributed by atoms with Gasteiger partial charge in [-0.2, -0.15) is 5.26 Å². The Balaban J connectivity index is 1.74. The van der Waals surface area contributed by atoms with Crippen molar-refractivity contribution < 1.29 is 19.1 Å². The molecular weight excluding hydrogens is 334 g/mol. The Kier molecular flexibility index (Phi) is 5.98. The first kappa shape index (κ1) is 19.4. The highest BCUT2D eigenvalue weighted by molar-refractivity contribution is 5.96. The van der Waals surface area contributed by atoms with Gasteiger partial charge in [0.15, 0.2) is 6.61 Å². The molecule has 1 aromatic rings. The van der Waals surface area contributed by atoms with Crippen LogP contribution in [0.4, 0.5) is 0 Å². The molecule has 26 heavy (non-hydrogen) atoms. The SMILES string of the molecule is Cc1ccc(C(=O)NCC(=O)OCC(=O)N[C@](C)(C#N)C2CC2)cc1C. The third-order valence-corrected chi connectivity index (χ3v) is 4.55. The highest BCUT2D eigenvalue weighted by Gasteiger charge is 2.43. The summed E-state index contributed by atoms with van der Waals surface area (Å²) in [5, 5.41) is 14.2. The second kappa shape index (κ2) is 8.00. The van der Waals surface area contributed by atoms with E-state index in [4.69, 9.17) is 4.74 Å². The van der Waals surface area contributed by atoms with Crippen molar-refractivity contribution in [3.63, 3.8) is 0 Å². The number of ether oxygens (including phenoxy) is 1. The van der Waals surface area contributed by atoms with Crippen LogP contribution >= 0.6 is 0 Å². The topological polar surface area (TPSA) is 108 Å². The summed E-state index contributed by atoms with van der Waals surface area (Å²) < 4.78 is 4.85. The highest BCUT2D eigenvalue weighted by Crippen LogP contribution is 2.39. The second-order valence-electron chi connectivity index (χ2n) is 6.78. The Morgan fingerprint density at radius 3 is 2.54 bits per heavy atom. The van der Waals surface area contributed by atoms with E-state index >= 15 is 0 Å². The van der Waals surface area contributed by atoms with Gasteiger partial charge in [-0.1, -0.05) is 6.07 Å². The molecule has 0 bridgehead atoms. The molecule has 1 aromatic carbocycles. The summed E-state index contributed by atoms with van der Waals surface area (Å²) in [6.45, 7) is 4.68. The first-order chi connectivity index (χ1) is 12.2. The minimum absolute atomic E-state index is 0.143. The van der Waals surface area contributed by atoms with Crippen molar-refractivity contribution in [2.75, 3.05) is 13.2 Å². The lowest BCUT2D eigenvalue weighted by Crippen LogP contribution is -2.48. The summed E-state index contributed by atoms with van der Waals surface area (Å²) in [5.41, 5.74) is 1.57. The standard InChI is InChI=1S/C19H23N3O4/c1-12-4-5-14(8-13(12)2)18(25)21-9-17(24)26-10-16(23)22-19(3,11-20)15-6-7-15/h4-5,8,15H,6-7,9-10H2,1-3H3,(H,21,25)(H,22,23)/t19-/m1/s1. The molecule has 7 nitrogen and oxygen atoms in total. The van der Waals surface area contributed by atoms with Gasteiger partial charge in [-0.05, 0) is 62.8 Å². The van der Waals surface area contributed by atoms with Crippen LogP contribution < -0.4 is 10.6 Å². The molecule has 0 aliphatic heterocycles. The van der Waals surface area contributed by atoms with Crippen LogP contribution in [-0.4, -0.2) is 36.5 Å². The van der Waals surface area contributed by atoms with Gasteiger partial charge in [0.05, 0.1) is 6.07 Å². The molecule has 0 saturated heterocycles. The number of nitrogens with one attached hydrogen (secondary N) is 2. The number of carbonyl (C=O) groups excluding carboxylic acids is 3. The van der Waals surface area contributed by atoms with Crippen LogP contribution in [0.5, 0.6) is 0 Å². The van der Waals surface area contributed by atoms with Crippen LogP contribution in [0.3, 0.4) is 0 Å². The van der Waals surface area contributed by atoms with Gasteiger partial charge >= 0.3 is 5.97 Å². The molecule has 1 aliphatic carbocycles. The average molecular weight is 357 g/mol. The molecule has 138 valence electrons. The molecule has 0 spiro atoms. The van der Waals surface area contributed by atoms with Gasteiger partial charge in [0, 0.05) is 5.56 Å². The number of hydrogen-bond donors (Lipinski definition) is 2. The maximum atomic E-state index is 12.0. The number of aryl methyl sites for hydroxylation is 2. The zero-order valence-corrected chi connectivity index (χ0v) is 15.2. The van der Waals surface area contributed by atoms with Crippen molar-refractivity contribution in [3.05, 3.63) is 34.9 Å². The van der Waals surface area contributed by atoms with Crippen LogP contribution in [0.2, 0.25) is 0 Å². The number of rotatable bonds is 7. The molecule has 7 heteroatoms. The summed E-state index contributed by atoms with van der Waals surface area (Å²) in [5.74, 6) is -1.50. The summed E-state index contributed by atoms with van der Waals surface area (Å²) in [4.78, 5) is 35.6. The van der Waals surface area contributed by atoms with Crippen LogP contribution in [0, 0.1) is 31.1 Å². The van der Waals surface area contributed by atoms with Crippen LogP contribution in [0.25, 0.3) is 0 Å². The molecule has 1 aliphatic rings. The maximum Gasteiger partial charge on any atom is 0.325 e. The third-order valence-electron chi connectivity index (χ3n) is 4.55. The Morgan fingerprint density at radius 1 is 1.27 bits per heavy atom. The van der Waals surface area contributed by atoms with Crippen LogP contribution in [0.15, 0.2) is 18.2 Å². The molecule has 1 atom stereocenters. The lowest BCUT2D eigenvalue weighted by atomic mass is 9.98. The fraction of sp³-hybridized carbons (Fsp3) is 0.474. The van der Waals surface area contributed by atoms with E-state index in [1.807, 2.05) is 19.9 Å². The van der Waals surface area contributed by atoms with E-state index in [1.165, 1.54) is 0 Å². The number of nitrogens with zero attached hydrogens (tertiary/aromatic N) is 1. The zero-order valence-electron chi connectivity index (χ0n) is 15.2. The molecule has 1 saturated carbocycles. The number of carbonyl (C=O) groups is 3. The number of amides is 2. The molecule has 0 unspecified atom stereocenters. The number of nitriles is 1. The summed E-state index contributed by atoms with van der Waals surface area (Å²) in [6.07, 6.45) is 1.79. The fourth-order valence-electron chi connectivity index (χ4n) is 2.54. The molecular formula is C19H23N3O4. The first-order valence-corrected chi connectivity index (χ1v) is 8.48. The van der Waals surface area contributed by atoms with E-state index < -0.39 is 24.0 Å². The second-order valence-corrected chi connectivity index (χ2v) is 6.78. The zero-order chi connectivity index (χ0) is 19.3. The van der Waals surface area contributed by atoms with Gasteiger partial charge in [-0.25, -0.2) is 0 Å². The van der Waals surface area contributed by atoms with Crippen molar-refractivity contribution in [1.29, 1.82) is 5.26 Å². The van der Waals surface area contributed by atoms with Gasteiger partial charge < -0.3 is 15.4 Å². The van der Waals surface area contributed by atoms with E-state index in [2.05, 4.69) is 16.7 Å². The number of esters is 1. The Bertz CT molecular complexity index is 765. The van der Waals surface area contributed by atoms with Gasteiger partial charge in [-0.15, -0.1) is 0 Å². The quantitative estimate of drug-likeness (QED) is 0.717. The van der Waals surface area contributed by atoms with E-state index in [1.54, 1.807) is 19.1 Å². The predicted molar refractivity (Wildman–Crippen MR) is 94.1 cm³/mol. The lowest BCUT2D eigenvalue weighted by molar-refractivity contribution is -0.147. The molecule has 0 heterocycles. The van der Waals surface area contributed by atoms with Gasteiger partial charge in [-0.3, -0.25) is 14.4 Å². The minimum atomic E-state index is -0.930. The Hall–Kier alpha value is -2.88. The van der Waals surface area contributed by atoms with E-state index in [9.17, 15) is 19.6 Å². The first-order valence-electron chi connectivity index (χ1n) is 8.48. The van der Waals surface area contributed by atoms with Gasteiger partial charge in [0.2, 0.25) is 0 Å². The number of benzene rings is 1. The highest BCUT2D eigenvalue weighted by atomic mass is 16.5. The maximum absolute atomic E-state index is 12.0. The summed E-state index contributed by atoms with van der Waals surface area (Å²) in [7, 11) is 0. The van der Waals surface area contributed by atoms with Crippen molar-refractivity contribution in [3.8, 4) is 6.07 Å². The van der Waals surface area contributed by atoms with E-state index in [0.29, 0.717) is 5.56 Å². The normalized spacial score (nSPS) is 15.3. The lowest BCUT2D eigenvalue weighted by Gasteiger charge is -2.22. The third kappa shape index (κ3) is 5.06. The fourth-order valence-corrected chi connectivity index (χ4v) is 2.54. The molecule has 2 amide bonds. The van der Waals surface area contributed by atoms with Gasteiger partial charge in [0.1, 0.15) is 12.1 Å². The molecule has 0 radical (unpaired) electrons. The minimum Gasteiger partial charge on any atom is -0.454 e. The van der Waals surface area contributed by atoms with E-state index in [0.717, 1.165) is 24.0 Å². The summed E-state index contributed by atoms with van der Waals surface area (Å²) >= 11 is 0. The molecule has 0 aromatic heterocycles. The van der Waals surface area contributed by atoms with Gasteiger partial charge in [0.25, 0.3) is 11.8 Å². The van der Waals surface area contributed by atoms with Crippen molar-refractivity contribution in [1.82, 2.24) is 10.6 Å². The van der Waals surface area contributed by atoms with Crippen molar-refractivity contribution in [2.45, 2.75) is 39.2 Å². The van der Waals surface area contributed by atoms with Crippen LogP contribution in [-0.2, 0) is 14.3 Å². The van der Waals surface area contributed by atoms with Crippen molar-refractivity contribution >= 4 is 17.8 Å².